The van der Waals surface area contributed by atoms with Gasteiger partial charge in [0.05, 0.1) is 12.4 Å². The van der Waals surface area contributed by atoms with Gasteiger partial charge in [-0.3, -0.25) is 9.89 Å². The van der Waals surface area contributed by atoms with Gasteiger partial charge in [-0.25, -0.2) is 4.98 Å². The van der Waals surface area contributed by atoms with Gasteiger partial charge in [0.2, 0.25) is 0 Å². The fourth-order valence-electron chi connectivity index (χ4n) is 5.13. The van der Waals surface area contributed by atoms with Gasteiger partial charge in [0, 0.05) is 71.3 Å². The van der Waals surface area contributed by atoms with Crippen molar-refractivity contribution >= 4 is 29.9 Å². The Balaban J connectivity index is 0.00000306. The lowest BCUT2D eigenvalue weighted by atomic mass is 9.93. The van der Waals surface area contributed by atoms with Gasteiger partial charge < -0.3 is 19.7 Å². The van der Waals surface area contributed by atoms with Gasteiger partial charge in [-0.05, 0) is 31.4 Å². The molecule has 1 N–H and O–H groups in total. The molecule has 4 rings (SSSR count). The van der Waals surface area contributed by atoms with Crippen LogP contribution in [0, 0.1) is 5.92 Å². The molecule has 2 aliphatic heterocycles. The monoisotopic (exact) mass is 565 g/mol. The van der Waals surface area contributed by atoms with Crippen LogP contribution in [0.5, 0.6) is 0 Å². The Morgan fingerprint density at radius 1 is 1.15 bits per heavy atom. The number of imidazole rings is 1. The molecular weight excluding hydrogens is 525 g/mol. The summed E-state index contributed by atoms with van der Waals surface area (Å²) in [7, 11) is 4.13. The number of piperazine rings is 1. The molecule has 182 valence electrons. The van der Waals surface area contributed by atoms with Crippen LogP contribution in [0.2, 0.25) is 0 Å². The third-order valence-corrected chi connectivity index (χ3v) is 7.12. The van der Waals surface area contributed by atoms with Crippen LogP contribution in [0.25, 0.3) is 0 Å². The quantitative estimate of drug-likeness (QED) is 0.252. The average molecular weight is 566 g/mol. The van der Waals surface area contributed by atoms with Crippen LogP contribution in [0.1, 0.15) is 37.4 Å². The van der Waals surface area contributed by atoms with Crippen molar-refractivity contribution in [2.24, 2.45) is 10.9 Å². The van der Waals surface area contributed by atoms with E-state index in [0.29, 0.717) is 18.0 Å². The number of hydrogen-bond donors (Lipinski definition) is 1. The third kappa shape index (κ3) is 6.70. The first kappa shape index (κ1) is 26.0. The fourth-order valence-corrected chi connectivity index (χ4v) is 5.13. The Labute approximate surface area is 216 Å². The van der Waals surface area contributed by atoms with Crippen LogP contribution in [0.4, 0.5) is 0 Å². The van der Waals surface area contributed by atoms with E-state index in [-0.39, 0.29) is 24.0 Å². The number of nitrogens with one attached hydrogen (secondary N) is 1. The van der Waals surface area contributed by atoms with Crippen LogP contribution < -0.4 is 5.32 Å². The van der Waals surface area contributed by atoms with E-state index in [1.165, 1.54) is 12.0 Å². The summed E-state index contributed by atoms with van der Waals surface area (Å²) >= 11 is 0. The molecule has 3 unspecified atom stereocenters. The van der Waals surface area contributed by atoms with E-state index < -0.39 is 0 Å². The van der Waals surface area contributed by atoms with Gasteiger partial charge in [-0.15, -0.1) is 24.0 Å². The first-order chi connectivity index (χ1) is 15.7. The van der Waals surface area contributed by atoms with Gasteiger partial charge in [-0.1, -0.05) is 37.3 Å². The highest BCUT2D eigenvalue weighted by molar-refractivity contribution is 14.0. The number of likely N-dealkylation sites (N-methyl/N-ethyl adjacent to an activating group) is 1. The van der Waals surface area contributed by atoms with E-state index in [0.717, 1.165) is 58.2 Å². The summed E-state index contributed by atoms with van der Waals surface area (Å²) in [4.78, 5) is 16.4. The minimum Gasteiger partial charge on any atom is -0.356 e. The Morgan fingerprint density at radius 3 is 2.70 bits per heavy atom. The minimum atomic E-state index is 0. The maximum absolute atomic E-state index is 4.60. The number of piperidine rings is 1. The van der Waals surface area contributed by atoms with Crippen LogP contribution >= 0.6 is 24.0 Å². The summed E-state index contributed by atoms with van der Waals surface area (Å²) in [5.41, 5.74) is 1.43. The molecule has 0 bridgehead atoms. The smallest absolute Gasteiger partial charge is 0.193 e. The summed E-state index contributed by atoms with van der Waals surface area (Å²) in [6.45, 7) is 9.79. The second kappa shape index (κ2) is 12.7. The number of rotatable bonds is 6. The van der Waals surface area contributed by atoms with E-state index in [4.69, 9.17) is 0 Å². The molecule has 0 radical (unpaired) electrons. The van der Waals surface area contributed by atoms with Crippen molar-refractivity contribution in [1.82, 2.24) is 29.6 Å². The largest absolute Gasteiger partial charge is 0.356 e. The van der Waals surface area contributed by atoms with Gasteiger partial charge in [-0.2, -0.15) is 0 Å². The van der Waals surface area contributed by atoms with Crippen molar-refractivity contribution in [1.29, 1.82) is 0 Å². The number of guanidine groups is 1. The minimum absolute atomic E-state index is 0. The van der Waals surface area contributed by atoms with Crippen molar-refractivity contribution in [2.45, 2.75) is 31.8 Å². The zero-order chi connectivity index (χ0) is 22.3. The highest BCUT2D eigenvalue weighted by Crippen LogP contribution is 2.27. The van der Waals surface area contributed by atoms with Crippen molar-refractivity contribution in [3.8, 4) is 0 Å². The van der Waals surface area contributed by atoms with Crippen molar-refractivity contribution in [2.75, 3.05) is 59.9 Å². The lowest BCUT2D eigenvalue weighted by Crippen LogP contribution is -2.50. The second-order valence-corrected chi connectivity index (χ2v) is 9.34. The molecule has 0 saturated carbocycles. The third-order valence-electron chi connectivity index (χ3n) is 7.12. The number of likely N-dealkylation sites (tertiary alicyclic amines) is 1. The highest BCUT2D eigenvalue weighted by Gasteiger charge is 2.29. The summed E-state index contributed by atoms with van der Waals surface area (Å²) in [6, 6.07) is 11.9. The molecule has 33 heavy (non-hydrogen) atoms. The first-order valence-corrected chi connectivity index (χ1v) is 12.1. The molecular formula is C25H40IN7. The summed E-state index contributed by atoms with van der Waals surface area (Å²) in [5, 5.41) is 3.64. The van der Waals surface area contributed by atoms with E-state index >= 15 is 0 Å². The normalized spacial score (nSPS) is 25.0. The molecule has 0 amide bonds. The van der Waals surface area contributed by atoms with Gasteiger partial charge in [0.25, 0.3) is 0 Å². The maximum Gasteiger partial charge on any atom is 0.193 e. The molecule has 2 fully saturated rings. The van der Waals surface area contributed by atoms with Crippen LogP contribution in [0.15, 0.2) is 54.0 Å². The van der Waals surface area contributed by atoms with E-state index in [2.05, 4.69) is 85.1 Å². The van der Waals surface area contributed by atoms with Crippen LogP contribution in [0.3, 0.4) is 0 Å². The lowest BCUT2D eigenvalue weighted by molar-refractivity contribution is 0.0890. The summed E-state index contributed by atoms with van der Waals surface area (Å²) < 4.78 is 2.25. The summed E-state index contributed by atoms with van der Waals surface area (Å²) in [6.07, 6.45) is 8.19. The molecule has 1 aromatic carbocycles. The Hall–Kier alpha value is -1.65. The number of halogens is 1. The second-order valence-electron chi connectivity index (χ2n) is 9.34. The average Bonchev–Trinajstić information content (AvgIpc) is 3.36. The molecule has 1 aromatic heterocycles. The molecule has 0 aliphatic carbocycles. The van der Waals surface area contributed by atoms with Crippen molar-refractivity contribution in [3.05, 3.63) is 54.6 Å². The van der Waals surface area contributed by atoms with Crippen LogP contribution in [-0.4, -0.2) is 90.1 Å². The van der Waals surface area contributed by atoms with E-state index in [1.54, 1.807) is 0 Å². The predicted molar refractivity (Wildman–Crippen MR) is 146 cm³/mol. The van der Waals surface area contributed by atoms with Crippen molar-refractivity contribution < 1.29 is 0 Å². The Morgan fingerprint density at radius 2 is 1.97 bits per heavy atom. The Bertz CT molecular complexity index is 842. The SMILES string of the molecule is CN=C(NCCCN1CCN(C)CC1c1ccccc1)N1CCC(C)C(n2ccnc2)C1.I. The first-order valence-electron chi connectivity index (χ1n) is 12.1. The molecule has 2 saturated heterocycles. The number of hydrogen-bond acceptors (Lipinski definition) is 4. The molecule has 3 heterocycles. The van der Waals surface area contributed by atoms with Gasteiger partial charge in [0.15, 0.2) is 5.96 Å². The van der Waals surface area contributed by atoms with E-state index in [9.17, 15) is 0 Å². The number of nitrogens with zero attached hydrogens (tertiary/aromatic N) is 6. The number of benzene rings is 1. The molecule has 2 aliphatic rings. The molecule has 8 heteroatoms. The maximum atomic E-state index is 4.60. The molecule has 2 aromatic rings. The zero-order valence-corrected chi connectivity index (χ0v) is 22.6. The predicted octanol–water partition coefficient (Wildman–Crippen LogP) is 3.34. The van der Waals surface area contributed by atoms with Gasteiger partial charge >= 0.3 is 0 Å². The lowest BCUT2D eigenvalue weighted by Gasteiger charge is -2.41. The van der Waals surface area contributed by atoms with Crippen LogP contribution in [-0.2, 0) is 0 Å². The highest BCUT2D eigenvalue weighted by atomic mass is 127. The number of aliphatic imine (C=N–C) groups is 1. The fraction of sp³-hybridized carbons (Fsp3) is 0.600. The standard InChI is InChI=1S/C25H39N7.HI/c1-21-10-14-31(19-23(21)32-15-12-27-20-32)25(26-2)28-11-7-13-30-17-16-29(3)18-24(30)22-8-5-4-6-9-22;/h4-6,8-9,12,15,20-21,23-24H,7,10-11,13-14,16-19H2,1-3H3,(H,26,28);1H. The molecule has 3 atom stereocenters. The van der Waals surface area contributed by atoms with Crippen molar-refractivity contribution in [3.63, 3.8) is 0 Å². The number of aromatic nitrogens is 2. The van der Waals surface area contributed by atoms with Gasteiger partial charge in [0.1, 0.15) is 0 Å². The zero-order valence-electron chi connectivity index (χ0n) is 20.3. The summed E-state index contributed by atoms with van der Waals surface area (Å²) in [5.74, 6) is 1.67. The topological polar surface area (TPSA) is 51.9 Å². The Kier molecular flexibility index (Phi) is 10.0. The molecule has 0 spiro atoms. The van der Waals surface area contributed by atoms with E-state index in [1.807, 2.05) is 19.6 Å². The molecule has 7 nitrogen and oxygen atoms in total.